The molecule has 3 saturated heterocycles. The lowest BCUT2D eigenvalue weighted by Crippen LogP contribution is -2.62. The normalized spacial score (nSPS) is 23.4. The summed E-state index contributed by atoms with van der Waals surface area (Å²) in [5, 5.41) is 2.10. The molecule has 4 fully saturated rings. The van der Waals surface area contributed by atoms with E-state index in [-0.39, 0.29) is 55.5 Å². The molecule has 4 aliphatic rings. The van der Waals surface area contributed by atoms with Gasteiger partial charge in [-0.3, -0.25) is 9.59 Å². The predicted molar refractivity (Wildman–Crippen MR) is 143 cm³/mol. The Morgan fingerprint density at radius 2 is 1.77 bits per heavy atom. The zero-order valence-corrected chi connectivity index (χ0v) is 23.8. The molecule has 0 unspecified atom stereocenters. The van der Waals surface area contributed by atoms with Gasteiger partial charge in [0, 0.05) is 17.7 Å². The molecule has 232 valence electrons. The van der Waals surface area contributed by atoms with Crippen LogP contribution in [-0.4, -0.2) is 73.6 Å². The van der Waals surface area contributed by atoms with Crippen LogP contribution in [0.5, 0.6) is 0 Å². The van der Waals surface area contributed by atoms with Gasteiger partial charge in [0.2, 0.25) is 15.9 Å². The summed E-state index contributed by atoms with van der Waals surface area (Å²) in [6.07, 6.45) is -2.53. The van der Waals surface area contributed by atoms with Crippen molar-refractivity contribution in [3.63, 3.8) is 0 Å². The van der Waals surface area contributed by atoms with E-state index in [9.17, 15) is 35.6 Å². The molecule has 2 aromatic carbocycles. The number of rotatable bonds is 8. The van der Waals surface area contributed by atoms with Crippen molar-refractivity contribution in [2.45, 2.75) is 54.9 Å². The summed E-state index contributed by atoms with van der Waals surface area (Å²) < 4.78 is 101. The van der Waals surface area contributed by atoms with Gasteiger partial charge < -0.3 is 15.0 Å². The minimum absolute atomic E-state index is 0.0398. The molecule has 0 aromatic heterocycles. The van der Waals surface area contributed by atoms with Crippen LogP contribution in [0.3, 0.4) is 0 Å². The molecule has 2 amide bonds. The molecule has 1 aliphatic carbocycles. The van der Waals surface area contributed by atoms with Crippen LogP contribution in [-0.2, 0) is 31.4 Å². The highest BCUT2D eigenvalue weighted by atomic mass is 32.2. The molecular formula is C29H30F5N3O5S. The fourth-order valence-corrected chi connectivity index (χ4v) is 7.66. The van der Waals surface area contributed by atoms with Crippen molar-refractivity contribution in [1.82, 2.24) is 14.5 Å². The molecule has 2 atom stereocenters. The van der Waals surface area contributed by atoms with E-state index in [4.69, 9.17) is 4.74 Å². The van der Waals surface area contributed by atoms with Crippen LogP contribution in [0.4, 0.5) is 22.0 Å². The smallest absolute Gasteiger partial charge is 0.378 e. The van der Waals surface area contributed by atoms with E-state index in [0.29, 0.717) is 31.7 Å². The number of carbonyl (C=O) groups is 2. The summed E-state index contributed by atoms with van der Waals surface area (Å²) in [5.41, 5.74) is -2.85. The van der Waals surface area contributed by atoms with Crippen LogP contribution in [0.25, 0.3) is 0 Å². The highest BCUT2D eigenvalue weighted by Gasteiger charge is 2.53. The van der Waals surface area contributed by atoms with Crippen molar-refractivity contribution < 1.29 is 44.7 Å². The van der Waals surface area contributed by atoms with Gasteiger partial charge in [-0.05, 0) is 61.4 Å². The average molecular weight is 628 g/mol. The largest absolute Gasteiger partial charge is 0.416 e. The molecule has 14 heteroatoms. The number of nitrogens with zero attached hydrogens (tertiary/aromatic N) is 2. The highest BCUT2D eigenvalue weighted by Crippen LogP contribution is 2.43. The minimum Gasteiger partial charge on any atom is -0.378 e. The summed E-state index contributed by atoms with van der Waals surface area (Å²) in [6, 6.07) is 6.37. The molecule has 1 saturated carbocycles. The standard InChI is InChI=1S/C29H30F5N3O5S/c30-23-12-20(29(32,33)34)8-9-22(23)25(17-6-7-17)35-26(38)24-5-2-10-37(24)27(39)18-3-1-4-19(11-18)28(31)15-36(16-28)43(40,41)21-13-42-14-21/h1,3-4,8-9,11-12,17,21,24-25H,2,5-7,10,13-16H2,(H,35,38)/t24-,25-/m1/s1. The van der Waals surface area contributed by atoms with Crippen molar-refractivity contribution in [2.75, 3.05) is 32.8 Å². The number of hydrogen-bond donors (Lipinski definition) is 1. The Kier molecular flexibility index (Phi) is 7.53. The van der Waals surface area contributed by atoms with E-state index in [2.05, 4.69) is 5.32 Å². The van der Waals surface area contributed by atoms with Crippen molar-refractivity contribution in [1.29, 1.82) is 0 Å². The molecule has 2 aromatic rings. The summed E-state index contributed by atoms with van der Waals surface area (Å²) >= 11 is 0. The number of nitrogens with one attached hydrogen (secondary N) is 1. The van der Waals surface area contributed by atoms with E-state index in [1.807, 2.05) is 0 Å². The second-order valence-corrected chi connectivity index (χ2v) is 13.9. The number of ether oxygens (including phenoxy) is 1. The maximum absolute atomic E-state index is 15.7. The molecule has 6 rings (SSSR count). The first-order valence-corrected chi connectivity index (χ1v) is 15.6. The van der Waals surface area contributed by atoms with Crippen LogP contribution in [0.1, 0.15) is 58.8 Å². The minimum atomic E-state index is -4.71. The topological polar surface area (TPSA) is 96.0 Å². The maximum Gasteiger partial charge on any atom is 0.416 e. The van der Waals surface area contributed by atoms with E-state index in [0.717, 1.165) is 16.4 Å². The zero-order valence-electron chi connectivity index (χ0n) is 22.9. The van der Waals surface area contributed by atoms with E-state index in [1.54, 1.807) is 0 Å². The molecule has 3 heterocycles. The third kappa shape index (κ3) is 5.64. The van der Waals surface area contributed by atoms with Gasteiger partial charge in [-0.2, -0.15) is 17.5 Å². The predicted octanol–water partition coefficient (Wildman–Crippen LogP) is 3.93. The first-order chi connectivity index (χ1) is 20.3. The fraction of sp³-hybridized carbons (Fsp3) is 0.517. The number of sulfonamides is 1. The van der Waals surface area contributed by atoms with Crippen molar-refractivity contribution >= 4 is 21.8 Å². The Morgan fingerprint density at radius 3 is 2.37 bits per heavy atom. The Bertz CT molecular complexity index is 1540. The third-order valence-corrected chi connectivity index (χ3v) is 10.8. The summed E-state index contributed by atoms with van der Waals surface area (Å²) in [4.78, 5) is 28.3. The van der Waals surface area contributed by atoms with Gasteiger partial charge >= 0.3 is 6.18 Å². The van der Waals surface area contributed by atoms with Gasteiger partial charge in [0.1, 0.15) is 17.1 Å². The monoisotopic (exact) mass is 627 g/mol. The zero-order chi connectivity index (χ0) is 30.7. The summed E-state index contributed by atoms with van der Waals surface area (Å²) in [6.45, 7) is -0.344. The molecule has 0 spiro atoms. The second kappa shape index (κ2) is 10.8. The third-order valence-electron chi connectivity index (χ3n) is 8.74. The number of likely N-dealkylation sites (tertiary alicyclic amines) is 1. The number of alkyl halides is 4. The summed E-state index contributed by atoms with van der Waals surface area (Å²) in [5.74, 6) is -2.25. The van der Waals surface area contributed by atoms with Gasteiger partial charge in [0.05, 0.1) is 37.9 Å². The molecule has 0 bridgehead atoms. The fourth-order valence-electron chi connectivity index (χ4n) is 5.94. The lowest BCUT2D eigenvalue weighted by atomic mass is 9.89. The molecule has 8 nitrogen and oxygen atoms in total. The van der Waals surface area contributed by atoms with Crippen LogP contribution in [0.2, 0.25) is 0 Å². The highest BCUT2D eigenvalue weighted by molar-refractivity contribution is 7.89. The molecule has 43 heavy (non-hydrogen) atoms. The quantitative estimate of drug-likeness (QED) is 0.448. The number of halogens is 5. The second-order valence-electron chi connectivity index (χ2n) is 11.7. The molecule has 0 radical (unpaired) electrons. The number of hydrogen-bond acceptors (Lipinski definition) is 5. The lowest BCUT2D eigenvalue weighted by molar-refractivity contribution is -0.137. The van der Waals surface area contributed by atoms with Crippen molar-refractivity contribution in [2.24, 2.45) is 5.92 Å². The van der Waals surface area contributed by atoms with Gasteiger partial charge in [0.15, 0.2) is 5.67 Å². The van der Waals surface area contributed by atoms with Gasteiger partial charge in [-0.25, -0.2) is 17.2 Å². The van der Waals surface area contributed by atoms with Gasteiger partial charge in [-0.15, -0.1) is 0 Å². The molecule has 1 N–H and O–H groups in total. The lowest BCUT2D eigenvalue weighted by Gasteiger charge is -2.46. The average Bonchev–Trinajstić information content (AvgIpc) is 3.63. The van der Waals surface area contributed by atoms with E-state index < -0.39 is 62.4 Å². The first kappa shape index (κ1) is 29.9. The maximum atomic E-state index is 15.7. The van der Waals surface area contributed by atoms with E-state index >= 15 is 4.39 Å². The Balaban J connectivity index is 1.15. The Labute approximate surface area is 245 Å². The first-order valence-electron chi connectivity index (χ1n) is 14.1. The van der Waals surface area contributed by atoms with Gasteiger partial charge in [0.25, 0.3) is 5.91 Å². The van der Waals surface area contributed by atoms with Crippen molar-refractivity contribution in [3.05, 3.63) is 70.5 Å². The van der Waals surface area contributed by atoms with Crippen molar-refractivity contribution in [3.8, 4) is 0 Å². The van der Waals surface area contributed by atoms with Crippen LogP contribution < -0.4 is 5.32 Å². The van der Waals surface area contributed by atoms with Gasteiger partial charge in [-0.1, -0.05) is 18.2 Å². The SMILES string of the molecule is O=C(N[C@@H](c1ccc(C(F)(F)F)cc1F)C1CC1)[C@H]1CCCN1C(=O)c1cccc(C2(F)CN(S(=O)(=O)C3COC3)C2)c1. The van der Waals surface area contributed by atoms with E-state index in [1.165, 1.54) is 29.2 Å². The number of amides is 2. The molecule has 3 aliphatic heterocycles. The number of carbonyl (C=O) groups excluding carboxylic acids is 2. The summed E-state index contributed by atoms with van der Waals surface area (Å²) in [7, 11) is -3.67. The Hall–Kier alpha value is -3.10. The van der Waals surface area contributed by atoms with Crippen LogP contribution in [0.15, 0.2) is 42.5 Å². The Morgan fingerprint density at radius 1 is 1.05 bits per heavy atom. The molecular weight excluding hydrogens is 597 g/mol. The van der Waals surface area contributed by atoms with Crippen LogP contribution >= 0.6 is 0 Å². The van der Waals surface area contributed by atoms with Crippen LogP contribution in [0, 0.1) is 11.7 Å². The number of benzene rings is 2.